The van der Waals surface area contributed by atoms with Gasteiger partial charge in [-0.25, -0.2) is 4.79 Å². The van der Waals surface area contributed by atoms with Gasteiger partial charge in [-0.05, 0) is 19.9 Å². The van der Waals surface area contributed by atoms with E-state index in [0.29, 0.717) is 0 Å². The van der Waals surface area contributed by atoms with E-state index in [4.69, 9.17) is 5.11 Å². The molecule has 7 nitrogen and oxygen atoms in total. The number of hydrogen-bond donors (Lipinski definition) is 3. The Morgan fingerprint density at radius 3 is 2.63 bits per heavy atom. The van der Waals surface area contributed by atoms with Crippen molar-refractivity contribution in [3.63, 3.8) is 0 Å². The number of aliphatic hydroxyl groups is 1. The number of nitrogens with zero attached hydrogens (tertiary/aromatic N) is 1. The van der Waals surface area contributed by atoms with Gasteiger partial charge >= 0.3 is 6.09 Å². The van der Waals surface area contributed by atoms with Gasteiger partial charge in [-0.1, -0.05) is 12.2 Å². The van der Waals surface area contributed by atoms with Gasteiger partial charge in [0.2, 0.25) is 0 Å². The molecule has 0 heterocycles. The van der Waals surface area contributed by atoms with Crippen molar-refractivity contribution >= 4 is 17.5 Å². The number of nitro benzene ring substituents is 1. The van der Waals surface area contributed by atoms with Gasteiger partial charge in [-0.2, -0.15) is 0 Å². The van der Waals surface area contributed by atoms with Crippen molar-refractivity contribution in [2.75, 3.05) is 5.32 Å². The summed E-state index contributed by atoms with van der Waals surface area (Å²) < 4.78 is 0. The van der Waals surface area contributed by atoms with Gasteiger partial charge in [0.1, 0.15) is 0 Å². The fourth-order valence-corrected chi connectivity index (χ4v) is 1.80. The Balaban J connectivity index is 3.44. The molecule has 0 aliphatic heterocycles. The van der Waals surface area contributed by atoms with Crippen LogP contribution in [0.4, 0.5) is 16.2 Å². The monoisotopic (exact) mass is 266 g/mol. The molecular weight excluding hydrogens is 252 g/mol. The van der Waals surface area contributed by atoms with E-state index >= 15 is 0 Å². The molecular formula is C12H14N2O5. The van der Waals surface area contributed by atoms with E-state index in [1.54, 1.807) is 13.0 Å². The number of anilines is 1. The molecule has 1 unspecified atom stereocenters. The van der Waals surface area contributed by atoms with E-state index < -0.39 is 17.1 Å². The first kappa shape index (κ1) is 14.7. The van der Waals surface area contributed by atoms with Crippen LogP contribution in [0.3, 0.4) is 0 Å². The van der Waals surface area contributed by atoms with Gasteiger partial charge < -0.3 is 10.2 Å². The Hall–Kier alpha value is -2.41. The molecule has 1 aromatic rings. The number of hydrogen-bond acceptors (Lipinski definition) is 4. The maximum absolute atomic E-state index is 10.9. The molecule has 0 aliphatic carbocycles. The highest BCUT2D eigenvalue weighted by molar-refractivity contribution is 5.85. The summed E-state index contributed by atoms with van der Waals surface area (Å²) in [5.41, 5.74) is 0.354. The van der Waals surface area contributed by atoms with Crippen LogP contribution in [0.25, 0.3) is 0 Å². The molecule has 0 aliphatic rings. The Bertz CT molecular complexity index is 539. The zero-order valence-electron chi connectivity index (χ0n) is 10.5. The Labute approximate surface area is 109 Å². The smallest absolute Gasteiger partial charge is 0.409 e. The van der Waals surface area contributed by atoms with Crippen molar-refractivity contribution in [3.8, 4) is 0 Å². The van der Waals surface area contributed by atoms with Crippen LogP contribution < -0.4 is 5.32 Å². The summed E-state index contributed by atoms with van der Waals surface area (Å²) in [7, 11) is 0. The van der Waals surface area contributed by atoms with Gasteiger partial charge in [0.05, 0.1) is 16.7 Å². The van der Waals surface area contributed by atoms with Gasteiger partial charge in [-0.3, -0.25) is 15.4 Å². The molecule has 0 aromatic heterocycles. The fourth-order valence-electron chi connectivity index (χ4n) is 1.80. The quantitative estimate of drug-likeness (QED) is 0.440. The average Bonchev–Trinajstić information content (AvgIpc) is 2.27. The third-order valence-corrected chi connectivity index (χ3v) is 2.60. The number of benzene rings is 1. The lowest BCUT2D eigenvalue weighted by Crippen LogP contribution is -2.12. The van der Waals surface area contributed by atoms with Crippen LogP contribution in [-0.4, -0.2) is 21.2 Å². The number of amides is 1. The predicted octanol–water partition coefficient (Wildman–Crippen LogP) is 2.60. The lowest BCUT2D eigenvalue weighted by atomic mass is 9.99. The van der Waals surface area contributed by atoms with Crippen molar-refractivity contribution in [2.45, 2.75) is 20.0 Å². The van der Waals surface area contributed by atoms with Crippen LogP contribution >= 0.6 is 0 Å². The summed E-state index contributed by atoms with van der Waals surface area (Å²) in [6.45, 7) is 3.15. The molecule has 1 amide bonds. The summed E-state index contributed by atoms with van der Waals surface area (Å²) in [4.78, 5) is 21.0. The molecule has 0 radical (unpaired) electrons. The summed E-state index contributed by atoms with van der Waals surface area (Å²) in [6, 6.07) is 2.47. The van der Waals surface area contributed by atoms with Crippen molar-refractivity contribution < 1.29 is 19.9 Å². The molecule has 0 saturated carbocycles. The first-order chi connectivity index (χ1) is 8.88. The largest absolute Gasteiger partial charge is 0.465 e. The molecule has 0 saturated heterocycles. The topological polar surface area (TPSA) is 113 Å². The predicted molar refractivity (Wildman–Crippen MR) is 69.3 cm³/mol. The molecule has 1 aromatic carbocycles. The second kappa shape index (κ2) is 5.96. The maximum atomic E-state index is 10.9. The van der Waals surface area contributed by atoms with Gasteiger partial charge in [0.15, 0.2) is 0 Å². The van der Waals surface area contributed by atoms with Crippen LogP contribution in [0.1, 0.15) is 24.2 Å². The van der Waals surface area contributed by atoms with Crippen LogP contribution in [0, 0.1) is 17.0 Å². The zero-order valence-corrected chi connectivity index (χ0v) is 10.5. The molecule has 102 valence electrons. The second-order valence-electron chi connectivity index (χ2n) is 3.83. The number of allylic oxidation sites excluding steroid dienone is 1. The first-order valence-corrected chi connectivity index (χ1v) is 5.47. The zero-order chi connectivity index (χ0) is 14.6. The highest BCUT2D eigenvalue weighted by Gasteiger charge is 2.22. The van der Waals surface area contributed by atoms with Crippen molar-refractivity contribution in [2.24, 2.45) is 0 Å². The number of nitrogens with one attached hydrogen (secondary N) is 1. The number of carbonyl (C=O) groups is 1. The number of aliphatic hydroxyl groups excluding tert-OH is 1. The molecule has 0 bridgehead atoms. The van der Waals surface area contributed by atoms with E-state index in [2.05, 4.69) is 5.32 Å². The average molecular weight is 266 g/mol. The minimum Gasteiger partial charge on any atom is -0.465 e. The molecule has 0 spiro atoms. The van der Waals surface area contributed by atoms with Crippen LogP contribution in [0.5, 0.6) is 0 Å². The summed E-state index contributed by atoms with van der Waals surface area (Å²) in [5.74, 6) is 0. The van der Waals surface area contributed by atoms with Gasteiger partial charge in [-0.15, -0.1) is 0 Å². The minimum absolute atomic E-state index is 0.126. The van der Waals surface area contributed by atoms with Crippen LogP contribution in [-0.2, 0) is 0 Å². The molecule has 1 rings (SSSR count). The third kappa shape index (κ3) is 3.29. The first-order valence-electron chi connectivity index (χ1n) is 5.47. The maximum Gasteiger partial charge on any atom is 0.409 e. The van der Waals surface area contributed by atoms with E-state index in [1.807, 2.05) is 0 Å². The lowest BCUT2D eigenvalue weighted by molar-refractivity contribution is -0.385. The van der Waals surface area contributed by atoms with Gasteiger partial charge in [0, 0.05) is 17.2 Å². The highest BCUT2D eigenvalue weighted by atomic mass is 16.6. The van der Waals surface area contributed by atoms with E-state index in [9.17, 15) is 20.0 Å². The normalized spacial score (nSPS) is 12.4. The number of carboxylic acid groups (broad SMARTS) is 1. The minimum atomic E-state index is -1.30. The summed E-state index contributed by atoms with van der Waals surface area (Å²) in [5, 5.41) is 31.7. The highest BCUT2D eigenvalue weighted by Crippen LogP contribution is 2.33. The standard InChI is InChI=1S/C12H14N2O5/c1-3-4-10(15)11-7(2)9(14(18)19)6-5-8(11)13-12(16)17/h3-6,10,13,15H,1-2H3,(H,16,17). The lowest BCUT2D eigenvalue weighted by Gasteiger charge is -2.15. The SMILES string of the molecule is CC=CC(O)c1c(NC(=O)O)ccc([N+](=O)[O-])c1C. The Morgan fingerprint density at radius 2 is 2.16 bits per heavy atom. The Kier molecular flexibility index (Phi) is 4.60. The summed E-state index contributed by atoms with van der Waals surface area (Å²) >= 11 is 0. The third-order valence-electron chi connectivity index (χ3n) is 2.60. The van der Waals surface area contributed by atoms with Crippen molar-refractivity contribution in [3.05, 3.63) is 45.5 Å². The Morgan fingerprint density at radius 1 is 1.53 bits per heavy atom. The van der Waals surface area contributed by atoms with Gasteiger partial charge in [0.25, 0.3) is 5.69 Å². The van der Waals surface area contributed by atoms with Crippen LogP contribution in [0.2, 0.25) is 0 Å². The van der Waals surface area contributed by atoms with E-state index in [1.165, 1.54) is 25.1 Å². The number of nitro groups is 1. The second-order valence-corrected chi connectivity index (χ2v) is 3.83. The van der Waals surface area contributed by atoms with E-state index in [-0.39, 0.29) is 22.5 Å². The molecule has 7 heteroatoms. The molecule has 0 fully saturated rings. The van der Waals surface area contributed by atoms with E-state index in [0.717, 1.165) is 0 Å². The van der Waals surface area contributed by atoms with Crippen molar-refractivity contribution in [1.29, 1.82) is 0 Å². The number of rotatable bonds is 4. The fraction of sp³-hybridized carbons (Fsp3) is 0.250. The van der Waals surface area contributed by atoms with Crippen LogP contribution in [0.15, 0.2) is 24.3 Å². The molecule has 3 N–H and O–H groups in total. The molecule has 1 atom stereocenters. The van der Waals surface area contributed by atoms with Crippen molar-refractivity contribution in [1.82, 2.24) is 0 Å². The summed E-state index contributed by atoms with van der Waals surface area (Å²) in [6.07, 6.45) is 0.570. The molecule has 19 heavy (non-hydrogen) atoms.